The summed E-state index contributed by atoms with van der Waals surface area (Å²) in [4.78, 5) is 36.0. The van der Waals surface area contributed by atoms with Crippen LogP contribution in [-0.2, 0) is 14.4 Å². The highest BCUT2D eigenvalue weighted by molar-refractivity contribution is 6.39. The molecule has 0 aliphatic carbocycles. The fourth-order valence-electron chi connectivity index (χ4n) is 2.84. The van der Waals surface area contributed by atoms with Gasteiger partial charge in [0, 0.05) is 16.4 Å². The average Bonchev–Trinajstić information content (AvgIpc) is 2.81. The van der Waals surface area contributed by atoms with E-state index >= 15 is 0 Å². The highest BCUT2D eigenvalue weighted by atomic mass is 35.5. The van der Waals surface area contributed by atoms with Crippen LogP contribution in [0.3, 0.4) is 0 Å². The van der Waals surface area contributed by atoms with Crippen LogP contribution in [0.4, 0.5) is 11.4 Å². The summed E-state index contributed by atoms with van der Waals surface area (Å²) < 4.78 is 5.49. The van der Waals surface area contributed by atoms with E-state index in [4.69, 9.17) is 16.3 Å². The fourth-order valence-corrected chi connectivity index (χ4v) is 3.01. The Balaban J connectivity index is 1.44. The van der Waals surface area contributed by atoms with Gasteiger partial charge in [-0.25, -0.2) is 5.43 Å². The number of carbonyl (C=O) groups is 3. The molecule has 0 aliphatic rings. The van der Waals surface area contributed by atoms with E-state index in [1.54, 1.807) is 54.6 Å². The van der Waals surface area contributed by atoms with Crippen molar-refractivity contribution >= 4 is 46.9 Å². The minimum absolute atomic E-state index is 0.175. The Morgan fingerprint density at radius 3 is 2.44 bits per heavy atom. The average molecular weight is 479 g/mol. The van der Waals surface area contributed by atoms with Gasteiger partial charge in [-0.3, -0.25) is 14.4 Å². The molecule has 0 saturated heterocycles. The minimum atomic E-state index is -0.890. The molecule has 0 aromatic heterocycles. The van der Waals surface area contributed by atoms with E-state index in [2.05, 4.69) is 21.2 Å². The number of anilines is 2. The van der Waals surface area contributed by atoms with Gasteiger partial charge in [0.2, 0.25) is 0 Å². The number of halogens is 1. The Morgan fingerprint density at radius 1 is 0.941 bits per heavy atom. The quantitative estimate of drug-likeness (QED) is 0.270. The van der Waals surface area contributed by atoms with Crippen LogP contribution < -0.4 is 20.8 Å². The lowest BCUT2D eigenvalue weighted by Gasteiger charge is -2.10. The number of nitrogens with one attached hydrogen (secondary N) is 3. The lowest BCUT2D eigenvalue weighted by atomic mass is 10.2. The number of benzene rings is 3. The zero-order valence-electron chi connectivity index (χ0n) is 18.6. The van der Waals surface area contributed by atoms with E-state index in [0.717, 1.165) is 11.1 Å². The molecule has 3 N–H and O–H groups in total. The first-order chi connectivity index (χ1) is 16.3. The number of hydrogen-bond donors (Lipinski definition) is 3. The molecule has 0 atom stereocenters. The summed E-state index contributed by atoms with van der Waals surface area (Å²) in [5.41, 5.74) is 5.84. The molecule has 3 amide bonds. The van der Waals surface area contributed by atoms with Gasteiger partial charge in [-0.1, -0.05) is 29.8 Å². The van der Waals surface area contributed by atoms with Crippen molar-refractivity contribution in [3.05, 3.63) is 88.4 Å². The molecule has 9 heteroatoms. The first-order valence-corrected chi connectivity index (χ1v) is 10.7. The van der Waals surface area contributed by atoms with Gasteiger partial charge in [0.05, 0.1) is 6.21 Å². The van der Waals surface area contributed by atoms with Gasteiger partial charge in [0.25, 0.3) is 5.91 Å². The van der Waals surface area contributed by atoms with Crippen LogP contribution in [0.1, 0.15) is 16.7 Å². The monoisotopic (exact) mass is 478 g/mol. The topological polar surface area (TPSA) is 109 Å². The maximum atomic E-state index is 12.1. The zero-order chi connectivity index (χ0) is 24.5. The molecule has 0 saturated carbocycles. The van der Waals surface area contributed by atoms with Crippen LogP contribution in [0.2, 0.25) is 5.02 Å². The number of nitrogens with zero attached hydrogens (tertiary/aromatic N) is 1. The number of carbonyl (C=O) groups excluding carboxylic acids is 3. The highest BCUT2D eigenvalue weighted by Crippen LogP contribution is 2.20. The molecular weight excluding hydrogens is 456 g/mol. The van der Waals surface area contributed by atoms with Crippen molar-refractivity contribution in [2.75, 3.05) is 17.2 Å². The molecule has 0 fully saturated rings. The molecule has 3 aromatic carbocycles. The molecule has 0 aliphatic heterocycles. The lowest BCUT2D eigenvalue weighted by molar-refractivity contribution is -0.136. The molecule has 0 spiro atoms. The van der Waals surface area contributed by atoms with E-state index in [0.29, 0.717) is 27.7 Å². The molecular formula is C25H23ClN4O4. The molecule has 3 rings (SSSR count). The Morgan fingerprint density at radius 2 is 1.71 bits per heavy atom. The Bertz CT molecular complexity index is 1230. The highest BCUT2D eigenvalue weighted by Gasteiger charge is 2.12. The van der Waals surface area contributed by atoms with E-state index < -0.39 is 11.8 Å². The van der Waals surface area contributed by atoms with Crippen LogP contribution in [0.15, 0.2) is 71.8 Å². The number of rotatable bonds is 7. The first-order valence-electron chi connectivity index (χ1n) is 10.3. The van der Waals surface area contributed by atoms with Crippen molar-refractivity contribution in [1.82, 2.24) is 5.43 Å². The lowest BCUT2D eigenvalue weighted by Crippen LogP contribution is -2.32. The molecule has 8 nitrogen and oxygen atoms in total. The van der Waals surface area contributed by atoms with Crippen molar-refractivity contribution in [2.45, 2.75) is 13.8 Å². The second-order valence-corrected chi connectivity index (χ2v) is 7.82. The third-order valence-electron chi connectivity index (χ3n) is 4.59. The van der Waals surface area contributed by atoms with Crippen molar-refractivity contribution in [1.29, 1.82) is 0 Å². The maximum Gasteiger partial charge on any atom is 0.329 e. The number of hydrazone groups is 1. The summed E-state index contributed by atoms with van der Waals surface area (Å²) in [5.74, 6) is -1.55. The summed E-state index contributed by atoms with van der Waals surface area (Å²) in [6.45, 7) is 3.57. The first kappa shape index (κ1) is 24.5. The summed E-state index contributed by atoms with van der Waals surface area (Å²) in [5, 5.41) is 9.57. The molecule has 0 bridgehead atoms. The van der Waals surface area contributed by atoms with Crippen LogP contribution in [0.5, 0.6) is 5.75 Å². The van der Waals surface area contributed by atoms with Crippen LogP contribution in [0, 0.1) is 13.8 Å². The fraction of sp³-hybridized carbons (Fsp3) is 0.120. The van der Waals surface area contributed by atoms with Gasteiger partial charge in [-0.15, -0.1) is 0 Å². The van der Waals surface area contributed by atoms with Crippen LogP contribution in [0.25, 0.3) is 0 Å². The van der Waals surface area contributed by atoms with Crippen molar-refractivity contribution in [2.24, 2.45) is 5.10 Å². The standard InChI is InChI=1S/C25H23ClN4O4/c1-16-4-3-5-20(12-16)28-24(32)25(33)30-27-14-18-7-10-21(11-8-18)34-15-23(31)29-22-13-19(26)9-6-17(22)2/h3-14H,15H2,1-2H3,(H,28,32)(H,29,31)(H,30,33)/b27-14-. The van der Waals surface area contributed by atoms with Gasteiger partial charge in [0.15, 0.2) is 6.61 Å². The Labute approximate surface area is 202 Å². The second-order valence-electron chi connectivity index (χ2n) is 7.39. The molecule has 0 unspecified atom stereocenters. The van der Waals surface area contributed by atoms with Crippen molar-refractivity contribution in [3.8, 4) is 5.75 Å². The Hall–Kier alpha value is -4.17. The van der Waals surface area contributed by atoms with E-state index in [1.807, 2.05) is 26.0 Å². The molecule has 0 radical (unpaired) electrons. The van der Waals surface area contributed by atoms with Crippen LogP contribution >= 0.6 is 11.6 Å². The predicted octanol–water partition coefficient (Wildman–Crippen LogP) is 4.06. The summed E-state index contributed by atoms with van der Waals surface area (Å²) in [6.07, 6.45) is 1.39. The molecule has 34 heavy (non-hydrogen) atoms. The van der Waals surface area contributed by atoms with Gasteiger partial charge in [-0.05, 0) is 79.1 Å². The SMILES string of the molecule is Cc1cccc(NC(=O)C(=O)N/N=C\c2ccc(OCC(=O)Nc3cc(Cl)ccc3C)cc2)c1. The Kier molecular flexibility index (Phi) is 8.37. The third-order valence-corrected chi connectivity index (χ3v) is 4.82. The van der Waals surface area contributed by atoms with Crippen molar-refractivity contribution < 1.29 is 19.1 Å². The number of hydrogen-bond acceptors (Lipinski definition) is 5. The summed E-state index contributed by atoms with van der Waals surface area (Å²) >= 11 is 5.96. The van der Waals surface area contributed by atoms with Gasteiger partial charge in [-0.2, -0.15) is 5.10 Å². The molecule has 174 valence electrons. The molecule has 0 heterocycles. The largest absolute Gasteiger partial charge is 0.484 e. The van der Waals surface area contributed by atoms with E-state index in [1.165, 1.54) is 6.21 Å². The summed E-state index contributed by atoms with van der Waals surface area (Å²) in [6, 6.07) is 19.0. The number of amides is 3. The van der Waals surface area contributed by atoms with Gasteiger partial charge < -0.3 is 15.4 Å². The van der Waals surface area contributed by atoms with Crippen molar-refractivity contribution in [3.63, 3.8) is 0 Å². The van der Waals surface area contributed by atoms with Gasteiger partial charge >= 0.3 is 11.8 Å². The smallest absolute Gasteiger partial charge is 0.329 e. The van der Waals surface area contributed by atoms with Crippen LogP contribution in [-0.4, -0.2) is 30.5 Å². The third kappa shape index (κ3) is 7.46. The number of ether oxygens (including phenoxy) is 1. The van der Waals surface area contributed by atoms with E-state index in [-0.39, 0.29) is 12.5 Å². The number of aryl methyl sites for hydroxylation is 2. The van der Waals surface area contributed by atoms with E-state index in [9.17, 15) is 14.4 Å². The summed E-state index contributed by atoms with van der Waals surface area (Å²) in [7, 11) is 0. The minimum Gasteiger partial charge on any atom is -0.484 e. The second kappa shape index (κ2) is 11.6. The maximum absolute atomic E-state index is 12.1. The normalized spacial score (nSPS) is 10.6. The zero-order valence-corrected chi connectivity index (χ0v) is 19.3. The predicted molar refractivity (Wildman–Crippen MR) is 132 cm³/mol. The molecule has 3 aromatic rings. The van der Waals surface area contributed by atoms with Gasteiger partial charge in [0.1, 0.15) is 5.75 Å².